The van der Waals surface area contributed by atoms with Gasteiger partial charge in [-0.3, -0.25) is 0 Å². The highest BCUT2D eigenvalue weighted by Gasteiger charge is 2.33. The van der Waals surface area contributed by atoms with Crippen LogP contribution in [0.2, 0.25) is 0 Å². The summed E-state index contributed by atoms with van der Waals surface area (Å²) in [7, 11) is 0. The van der Waals surface area contributed by atoms with Crippen LogP contribution in [0.3, 0.4) is 0 Å². The number of nitrogens with one attached hydrogen (secondary N) is 1. The molecule has 114 valence electrons. The molecule has 1 aliphatic rings. The normalized spacial score (nSPS) is 18.0. The van der Waals surface area contributed by atoms with Crippen LogP contribution in [-0.2, 0) is 10.9 Å². The monoisotopic (exact) mass is 299 g/mol. The third kappa shape index (κ3) is 3.85. The molecule has 0 saturated carbocycles. The fourth-order valence-corrected chi connectivity index (χ4v) is 2.18. The Labute approximate surface area is 120 Å². The molecule has 0 unspecified atom stereocenters. The summed E-state index contributed by atoms with van der Waals surface area (Å²) in [5.74, 6) is -0.0139. The van der Waals surface area contributed by atoms with E-state index in [1.54, 1.807) is 0 Å². The highest BCUT2D eigenvalue weighted by atomic mass is 19.4. The number of nitrogens with zero attached hydrogens (tertiary/aromatic N) is 2. The van der Waals surface area contributed by atoms with Crippen LogP contribution in [0, 0.1) is 16.7 Å². The fourth-order valence-electron chi connectivity index (χ4n) is 2.18. The van der Waals surface area contributed by atoms with Gasteiger partial charge in [0.2, 0.25) is 0 Å². The predicted molar refractivity (Wildman–Crippen MR) is 70.6 cm³/mol. The van der Waals surface area contributed by atoms with Gasteiger partial charge < -0.3 is 10.1 Å². The Bertz CT molecular complexity index is 545. The maximum absolute atomic E-state index is 12.7. The average Bonchev–Trinajstić information content (AvgIpc) is 2.44. The van der Waals surface area contributed by atoms with E-state index >= 15 is 0 Å². The second-order valence-corrected chi connectivity index (χ2v) is 5.48. The Balaban J connectivity index is 2.16. The fraction of sp³-hybridized carbons (Fsp3) is 0.571. The Morgan fingerprint density at radius 1 is 1.38 bits per heavy atom. The molecule has 0 atom stereocenters. The summed E-state index contributed by atoms with van der Waals surface area (Å²) < 4.78 is 43.3. The molecule has 1 saturated heterocycles. The molecule has 1 fully saturated rings. The second-order valence-electron chi connectivity index (χ2n) is 5.48. The minimum atomic E-state index is -4.52. The van der Waals surface area contributed by atoms with E-state index in [9.17, 15) is 13.2 Å². The van der Waals surface area contributed by atoms with E-state index in [4.69, 9.17) is 10.00 Å². The second kappa shape index (κ2) is 5.90. The number of halogens is 3. The molecule has 2 heterocycles. The molecule has 0 aliphatic carbocycles. The van der Waals surface area contributed by atoms with Gasteiger partial charge in [-0.25, -0.2) is 4.98 Å². The lowest BCUT2D eigenvalue weighted by atomic mass is 9.82. The van der Waals surface area contributed by atoms with Gasteiger partial charge in [0.25, 0.3) is 0 Å². The SMILES string of the molecule is CC1(CNc2nc(C(F)(F)F)ccc2C#N)CCOCC1. The molecule has 4 nitrogen and oxygen atoms in total. The molecule has 7 heteroatoms. The van der Waals surface area contributed by atoms with E-state index < -0.39 is 11.9 Å². The van der Waals surface area contributed by atoms with Crippen molar-refractivity contribution in [3.63, 3.8) is 0 Å². The van der Waals surface area contributed by atoms with Gasteiger partial charge in [-0.05, 0) is 30.4 Å². The van der Waals surface area contributed by atoms with Gasteiger partial charge in [0.15, 0.2) is 0 Å². The van der Waals surface area contributed by atoms with Crippen molar-refractivity contribution < 1.29 is 17.9 Å². The van der Waals surface area contributed by atoms with E-state index in [0.29, 0.717) is 19.8 Å². The number of anilines is 1. The van der Waals surface area contributed by atoms with Crippen LogP contribution in [0.1, 0.15) is 31.0 Å². The standard InChI is InChI=1S/C14H16F3N3O/c1-13(4-6-21-7-5-13)9-19-12-10(8-18)2-3-11(20-12)14(15,16)17/h2-3H,4-7,9H2,1H3,(H,19,20). The predicted octanol–water partition coefficient (Wildman–Crippen LogP) is 3.20. The molecule has 1 aromatic rings. The number of rotatable bonds is 3. The maximum Gasteiger partial charge on any atom is 0.433 e. The Morgan fingerprint density at radius 3 is 2.62 bits per heavy atom. The van der Waals surface area contributed by atoms with Crippen LogP contribution in [0.25, 0.3) is 0 Å². The van der Waals surface area contributed by atoms with Gasteiger partial charge in [-0.15, -0.1) is 0 Å². The molecule has 0 aromatic carbocycles. The summed E-state index contributed by atoms with van der Waals surface area (Å²) in [6.45, 7) is 3.78. The molecule has 0 amide bonds. The molecule has 1 aliphatic heterocycles. The van der Waals surface area contributed by atoms with Crippen LogP contribution in [0.4, 0.5) is 19.0 Å². The maximum atomic E-state index is 12.7. The summed E-state index contributed by atoms with van der Waals surface area (Å²) in [4.78, 5) is 3.54. The van der Waals surface area contributed by atoms with E-state index in [0.717, 1.165) is 25.0 Å². The first-order chi connectivity index (χ1) is 9.84. The van der Waals surface area contributed by atoms with Gasteiger partial charge in [-0.1, -0.05) is 6.92 Å². The van der Waals surface area contributed by atoms with Crippen molar-refractivity contribution in [2.24, 2.45) is 5.41 Å². The van der Waals surface area contributed by atoms with Gasteiger partial charge >= 0.3 is 6.18 Å². The quantitative estimate of drug-likeness (QED) is 0.931. The van der Waals surface area contributed by atoms with Crippen molar-refractivity contribution in [1.82, 2.24) is 4.98 Å². The van der Waals surface area contributed by atoms with Crippen molar-refractivity contribution in [3.8, 4) is 6.07 Å². The zero-order valence-electron chi connectivity index (χ0n) is 11.6. The number of hydrogen-bond donors (Lipinski definition) is 1. The lowest BCUT2D eigenvalue weighted by Crippen LogP contribution is -2.33. The lowest BCUT2D eigenvalue weighted by molar-refractivity contribution is -0.141. The Kier molecular flexibility index (Phi) is 4.37. The van der Waals surface area contributed by atoms with Crippen LogP contribution in [0.15, 0.2) is 12.1 Å². The summed E-state index contributed by atoms with van der Waals surface area (Å²) in [5, 5.41) is 11.9. The minimum Gasteiger partial charge on any atom is -0.381 e. The molecule has 2 rings (SSSR count). The van der Waals surface area contributed by atoms with Gasteiger partial charge in [0.1, 0.15) is 17.6 Å². The van der Waals surface area contributed by atoms with E-state index in [1.807, 2.05) is 13.0 Å². The number of hydrogen-bond acceptors (Lipinski definition) is 4. The molecule has 1 N–H and O–H groups in total. The summed E-state index contributed by atoms with van der Waals surface area (Å²) >= 11 is 0. The topological polar surface area (TPSA) is 57.9 Å². The zero-order valence-corrected chi connectivity index (χ0v) is 11.6. The molecule has 0 bridgehead atoms. The van der Waals surface area contributed by atoms with Gasteiger partial charge in [-0.2, -0.15) is 18.4 Å². The highest BCUT2D eigenvalue weighted by molar-refractivity contribution is 5.52. The molecule has 0 radical (unpaired) electrons. The highest BCUT2D eigenvalue weighted by Crippen LogP contribution is 2.32. The van der Waals surface area contributed by atoms with E-state index in [-0.39, 0.29) is 16.8 Å². The summed E-state index contributed by atoms with van der Waals surface area (Å²) in [6.07, 6.45) is -2.88. The number of ether oxygens (including phenoxy) is 1. The lowest BCUT2D eigenvalue weighted by Gasteiger charge is -2.33. The number of pyridine rings is 1. The number of nitriles is 1. The van der Waals surface area contributed by atoms with Crippen LogP contribution in [0.5, 0.6) is 0 Å². The van der Waals surface area contributed by atoms with Gasteiger partial charge in [0.05, 0.1) is 5.56 Å². The van der Waals surface area contributed by atoms with Crippen molar-refractivity contribution in [2.45, 2.75) is 25.9 Å². The van der Waals surface area contributed by atoms with Crippen molar-refractivity contribution >= 4 is 5.82 Å². The summed E-state index contributed by atoms with van der Waals surface area (Å²) in [6, 6.07) is 3.82. The largest absolute Gasteiger partial charge is 0.433 e. The Morgan fingerprint density at radius 2 is 2.05 bits per heavy atom. The van der Waals surface area contributed by atoms with Crippen LogP contribution >= 0.6 is 0 Å². The third-order valence-electron chi connectivity index (χ3n) is 3.69. The van der Waals surface area contributed by atoms with Crippen LogP contribution < -0.4 is 5.32 Å². The Hall–Kier alpha value is -1.81. The number of aromatic nitrogens is 1. The van der Waals surface area contributed by atoms with Crippen molar-refractivity contribution in [1.29, 1.82) is 5.26 Å². The van der Waals surface area contributed by atoms with Gasteiger partial charge in [0, 0.05) is 19.8 Å². The van der Waals surface area contributed by atoms with Crippen molar-refractivity contribution in [2.75, 3.05) is 25.1 Å². The average molecular weight is 299 g/mol. The first kappa shape index (κ1) is 15.6. The van der Waals surface area contributed by atoms with E-state index in [2.05, 4.69) is 10.3 Å². The molecule has 1 aromatic heterocycles. The first-order valence-corrected chi connectivity index (χ1v) is 6.64. The third-order valence-corrected chi connectivity index (χ3v) is 3.69. The summed E-state index contributed by atoms with van der Waals surface area (Å²) in [5.41, 5.74) is -0.958. The molecular formula is C14H16F3N3O. The molecule has 21 heavy (non-hydrogen) atoms. The van der Waals surface area contributed by atoms with Crippen molar-refractivity contribution in [3.05, 3.63) is 23.4 Å². The van der Waals surface area contributed by atoms with Crippen LogP contribution in [-0.4, -0.2) is 24.7 Å². The smallest absolute Gasteiger partial charge is 0.381 e. The first-order valence-electron chi connectivity index (χ1n) is 6.64. The molecule has 0 spiro atoms. The number of alkyl halides is 3. The minimum absolute atomic E-state index is 0.0139. The van der Waals surface area contributed by atoms with E-state index in [1.165, 1.54) is 0 Å². The zero-order chi connectivity index (χ0) is 15.5. The molecular weight excluding hydrogens is 283 g/mol.